The maximum Gasteiger partial charge on any atom is 0.324 e. The van der Waals surface area contributed by atoms with Crippen molar-refractivity contribution in [1.29, 1.82) is 0 Å². The molecule has 0 bridgehead atoms. The molecule has 1 atom stereocenters. The molecule has 0 saturated carbocycles. The molecule has 1 aliphatic heterocycles. The molecular weight excluding hydrogens is 304 g/mol. The van der Waals surface area contributed by atoms with Gasteiger partial charge in [-0.3, -0.25) is 4.79 Å². The Balaban J connectivity index is 2.11. The van der Waals surface area contributed by atoms with E-state index >= 15 is 0 Å². The van der Waals surface area contributed by atoms with Crippen molar-refractivity contribution in [2.24, 2.45) is 0 Å². The zero-order valence-corrected chi connectivity index (χ0v) is 14.6. The van der Waals surface area contributed by atoms with Crippen LogP contribution >= 0.6 is 0 Å². The lowest BCUT2D eigenvalue weighted by molar-refractivity contribution is -0.119. The Bertz CT molecular complexity index is 726. The number of carbonyl (C=O) groups is 2. The van der Waals surface area contributed by atoms with Crippen LogP contribution in [0.4, 0.5) is 10.5 Å². The van der Waals surface area contributed by atoms with Gasteiger partial charge in [-0.1, -0.05) is 68.2 Å². The van der Waals surface area contributed by atoms with Crippen molar-refractivity contribution in [3.8, 4) is 0 Å². The Labute approximate surface area is 137 Å². The second-order valence-electron chi connectivity index (χ2n) is 6.65. The van der Waals surface area contributed by atoms with Crippen LogP contribution in [0.25, 0.3) is 0 Å². The molecule has 0 aliphatic carbocycles. The Kier molecular flexibility index (Phi) is 3.81. The summed E-state index contributed by atoms with van der Waals surface area (Å²) in [5.41, 5.74) is 1.50. The monoisotopic (exact) mass is 324 g/mol. The van der Waals surface area contributed by atoms with Crippen molar-refractivity contribution < 1.29 is 9.59 Å². The largest absolute Gasteiger partial charge is 0.337 e. The minimum Gasteiger partial charge on any atom is -0.337 e. The van der Waals surface area contributed by atoms with Crippen molar-refractivity contribution in [1.82, 2.24) is 4.57 Å². The van der Waals surface area contributed by atoms with Crippen LogP contribution in [0.5, 0.6) is 0 Å². The summed E-state index contributed by atoms with van der Waals surface area (Å²) in [6.07, 6.45) is 0. The smallest absolute Gasteiger partial charge is 0.324 e. The zero-order valence-electron chi connectivity index (χ0n) is 13.6. The number of amides is 3. The summed E-state index contributed by atoms with van der Waals surface area (Å²) in [7, 11) is -2.03. The van der Waals surface area contributed by atoms with Gasteiger partial charge in [0.2, 0.25) is 0 Å². The van der Waals surface area contributed by atoms with E-state index in [4.69, 9.17) is 0 Å². The fourth-order valence-electron chi connectivity index (χ4n) is 2.96. The number of hydrogen-bond acceptors (Lipinski definition) is 2. The number of urea groups is 1. The van der Waals surface area contributed by atoms with E-state index in [-0.39, 0.29) is 11.9 Å². The molecule has 2 aromatic carbocycles. The fourth-order valence-corrected chi connectivity index (χ4v) is 4.67. The number of carbonyl (C=O) groups excluding carboxylic acids is 2. The normalized spacial score (nSPS) is 18.7. The summed E-state index contributed by atoms with van der Waals surface area (Å²) in [5.74, 6) is -0.171. The van der Waals surface area contributed by atoms with Gasteiger partial charge in [-0.25, -0.2) is 9.69 Å². The first kappa shape index (κ1) is 15.5. The van der Waals surface area contributed by atoms with Gasteiger partial charge in [0.25, 0.3) is 5.91 Å². The predicted molar refractivity (Wildman–Crippen MR) is 93.7 cm³/mol. The third kappa shape index (κ3) is 2.68. The highest BCUT2D eigenvalue weighted by Gasteiger charge is 2.51. The molecule has 0 spiro atoms. The number of anilines is 1. The first-order valence-corrected chi connectivity index (χ1v) is 11.1. The average Bonchev–Trinajstić information content (AvgIpc) is 2.80. The van der Waals surface area contributed by atoms with Crippen molar-refractivity contribution >= 4 is 25.9 Å². The highest BCUT2D eigenvalue weighted by Crippen LogP contribution is 2.37. The van der Waals surface area contributed by atoms with E-state index in [1.54, 1.807) is 16.7 Å². The minimum atomic E-state index is -2.03. The van der Waals surface area contributed by atoms with Crippen LogP contribution < -0.4 is 4.90 Å². The summed E-state index contributed by atoms with van der Waals surface area (Å²) >= 11 is 0. The molecule has 0 radical (unpaired) electrons. The molecule has 1 unspecified atom stereocenters. The van der Waals surface area contributed by atoms with Gasteiger partial charge in [0.05, 0.1) is 5.69 Å². The number of rotatable bonds is 3. The summed E-state index contributed by atoms with van der Waals surface area (Å²) in [6.45, 7) is 6.26. The number of hydrogen-bond donors (Lipinski definition) is 0. The molecule has 1 saturated heterocycles. The quantitative estimate of drug-likeness (QED) is 0.632. The Morgan fingerprint density at radius 2 is 1.35 bits per heavy atom. The van der Waals surface area contributed by atoms with Gasteiger partial charge in [0.15, 0.2) is 8.24 Å². The molecule has 118 valence electrons. The minimum absolute atomic E-state index is 0.171. The molecule has 1 aliphatic rings. The molecule has 3 amide bonds. The molecule has 5 heteroatoms. The number of para-hydroxylation sites is 1. The van der Waals surface area contributed by atoms with E-state index in [1.165, 1.54) is 4.90 Å². The third-order valence-corrected chi connectivity index (χ3v) is 5.86. The van der Waals surface area contributed by atoms with E-state index in [0.29, 0.717) is 5.69 Å². The van der Waals surface area contributed by atoms with Gasteiger partial charge in [0.1, 0.15) is 6.04 Å². The zero-order chi connectivity index (χ0) is 16.6. The highest BCUT2D eigenvalue weighted by molar-refractivity contribution is 6.76. The van der Waals surface area contributed by atoms with Gasteiger partial charge < -0.3 is 4.57 Å². The van der Waals surface area contributed by atoms with Gasteiger partial charge >= 0.3 is 6.03 Å². The maximum atomic E-state index is 13.1. The van der Waals surface area contributed by atoms with E-state index in [2.05, 4.69) is 19.6 Å². The van der Waals surface area contributed by atoms with Crippen LogP contribution in [0.15, 0.2) is 60.7 Å². The van der Waals surface area contributed by atoms with E-state index in [1.807, 2.05) is 48.5 Å². The van der Waals surface area contributed by atoms with Crippen LogP contribution in [0.3, 0.4) is 0 Å². The first-order chi connectivity index (χ1) is 10.9. The second kappa shape index (κ2) is 5.66. The summed E-state index contributed by atoms with van der Waals surface area (Å²) in [4.78, 5) is 27.4. The lowest BCUT2D eigenvalue weighted by Crippen LogP contribution is -2.49. The van der Waals surface area contributed by atoms with Gasteiger partial charge in [0, 0.05) is 0 Å². The predicted octanol–water partition coefficient (Wildman–Crippen LogP) is 4.03. The molecular formula is C18H20N2O2Si. The summed E-state index contributed by atoms with van der Waals surface area (Å²) in [6, 6.07) is 17.9. The van der Waals surface area contributed by atoms with Crippen molar-refractivity contribution in [3.63, 3.8) is 0 Å². The third-order valence-electron chi connectivity index (χ3n) is 3.96. The Morgan fingerprint density at radius 1 is 0.826 bits per heavy atom. The van der Waals surface area contributed by atoms with Crippen molar-refractivity contribution in [3.05, 3.63) is 66.2 Å². The molecule has 1 heterocycles. The van der Waals surface area contributed by atoms with Gasteiger partial charge in [-0.2, -0.15) is 0 Å². The van der Waals surface area contributed by atoms with Crippen LogP contribution in [-0.4, -0.2) is 24.7 Å². The molecule has 1 fully saturated rings. The van der Waals surface area contributed by atoms with E-state index in [9.17, 15) is 9.59 Å². The SMILES string of the molecule is C[Si](C)(C)N1C(=O)N(c2ccccc2)C(=O)C1c1ccccc1. The first-order valence-electron chi connectivity index (χ1n) is 7.68. The molecule has 4 nitrogen and oxygen atoms in total. The number of nitrogens with zero attached hydrogens (tertiary/aromatic N) is 2. The Morgan fingerprint density at radius 3 is 1.87 bits per heavy atom. The average molecular weight is 324 g/mol. The topological polar surface area (TPSA) is 40.6 Å². The van der Waals surface area contributed by atoms with Crippen LogP contribution in [-0.2, 0) is 4.79 Å². The standard InChI is InChI=1S/C18H20N2O2Si/c1-23(2,3)20-16(14-10-6-4-7-11-14)17(21)19(18(20)22)15-12-8-5-9-13-15/h4-13,16H,1-3H3. The van der Waals surface area contributed by atoms with Crippen LogP contribution in [0.2, 0.25) is 19.6 Å². The maximum absolute atomic E-state index is 13.1. The molecule has 3 rings (SSSR count). The summed E-state index contributed by atoms with van der Waals surface area (Å²) < 4.78 is 1.80. The van der Waals surface area contributed by atoms with Crippen LogP contribution in [0, 0.1) is 0 Å². The highest BCUT2D eigenvalue weighted by atomic mass is 28.3. The van der Waals surface area contributed by atoms with E-state index < -0.39 is 14.3 Å². The number of imide groups is 1. The van der Waals surface area contributed by atoms with E-state index in [0.717, 1.165) is 5.56 Å². The second-order valence-corrected chi connectivity index (χ2v) is 11.5. The fraction of sp³-hybridized carbons (Fsp3) is 0.222. The summed E-state index contributed by atoms with van der Waals surface area (Å²) in [5, 5.41) is 0. The van der Waals surface area contributed by atoms with Crippen molar-refractivity contribution in [2.75, 3.05) is 4.90 Å². The van der Waals surface area contributed by atoms with Crippen LogP contribution in [0.1, 0.15) is 11.6 Å². The molecule has 2 aromatic rings. The molecule has 0 N–H and O–H groups in total. The molecule has 0 aromatic heterocycles. The Hall–Kier alpha value is -2.40. The van der Waals surface area contributed by atoms with Gasteiger partial charge in [-0.05, 0) is 17.7 Å². The van der Waals surface area contributed by atoms with Gasteiger partial charge in [-0.15, -0.1) is 0 Å². The van der Waals surface area contributed by atoms with Crippen molar-refractivity contribution in [2.45, 2.75) is 25.7 Å². The lowest BCUT2D eigenvalue weighted by Gasteiger charge is -2.33. The number of benzene rings is 2. The molecule has 23 heavy (non-hydrogen) atoms. The lowest BCUT2D eigenvalue weighted by atomic mass is 10.1.